The number of aliphatic imine (C=N–C) groups is 1. The van der Waals surface area contributed by atoms with Gasteiger partial charge in [0.2, 0.25) is 12.7 Å². The molecule has 0 aliphatic rings. The lowest BCUT2D eigenvalue weighted by molar-refractivity contribution is -0.160. The molecular weight excluding hydrogens is 260 g/mol. The van der Waals surface area contributed by atoms with Crippen LogP contribution in [0.5, 0.6) is 0 Å². The standard InChI is InChI=1S/C14H16N2O4/c1-14(2,3)20-13(18)9-19-16-8-11-5-4-6-12(7-11)15-10-17/h4-8H,9H2,1-3H3. The monoisotopic (exact) mass is 276 g/mol. The Morgan fingerprint density at radius 2 is 2.15 bits per heavy atom. The zero-order valence-electron chi connectivity index (χ0n) is 11.6. The molecule has 0 fully saturated rings. The molecule has 0 amide bonds. The summed E-state index contributed by atoms with van der Waals surface area (Å²) in [6.45, 7) is 5.05. The molecule has 0 aliphatic heterocycles. The van der Waals surface area contributed by atoms with Gasteiger partial charge in [0.1, 0.15) is 5.60 Å². The highest BCUT2D eigenvalue weighted by Crippen LogP contribution is 2.11. The van der Waals surface area contributed by atoms with Gasteiger partial charge in [0.25, 0.3) is 0 Å². The zero-order valence-corrected chi connectivity index (χ0v) is 11.6. The van der Waals surface area contributed by atoms with E-state index in [-0.39, 0.29) is 6.61 Å². The van der Waals surface area contributed by atoms with E-state index in [1.165, 1.54) is 12.3 Å². The van der Waals surface area contributed by atoms with Crippen molar-refractivity contribution >= 4 is 24.0 Å². The van der Waals surface area contributed by atoms with Crippen molar-refractivity contribution in [1.82, 2.24) is 0 Å². The third-order valence-electron chi connectivity index (χ3n) is 1.92. The van der Waals surface area contributed by atoms with E-state index in [2.05, 4.69) is 10.1 Å². The number of benzene rings is 1. The normalized spacial score (nSPS) is 10.9. The summed E-state index contributed by atoms with van der Waals surface area (Å²) in [6, 6.07) is 6.75. The van der Waals surface area contributed by atoms with Crippen LogP contribution in [0.15, 0.2) is 34.4 Å². The van der Waals surface area contributed by atoms with E-state index in [0.717, 1.165) is 0 Å². The van der Waals surface area contributed by atoms with Crippen LogP contribution in [0.3, 0.4) is 0 Å². The summed E-state index contributed by atoms with van der Waals surface area (Å²) in [6.07, 6.45) is 2.86. The van der Waals surface area contributed by atoms with Crippen LogP contribution in [0.2, 0.25) is 0 Å². The van der Waals surface area contributed by atoms with Crippen molar-refractivity contribution in [2.45, 2.75) is 26.4 Å². The highest BCUT2D eigenvalue weighted by molar-refractivity contribution is 5.80. The number of hydrogen-bond donors (Lipinski definition) is 0. The van der Waals surface area contributed by atoms with Crippen molar-refractivity contribution in [1.29, 1.82) is 0 Å². The minimum Gasteiger partial charge on any atom is -0.457 e. The Kier molecular flexibility index (Phi) is 5.62. The largest absolute Gasteiger partial charge is 0.457 e. The Morgan fingerprint density at radius 3 is 2.80 bits per heavy atom. The number of isocyanates is 1. The van der Waals surface area contributed by atoms with Gasteiger partial charge in [0.05, 0.1) is 11.9 Å². The number of nitrogens with zero attached hydrogens (tertiary/aromatic N) is 2. The van der Waals surface area contributed by atoms with Crippen LogP contribution in [0.4, 0.5) is 5.69 Å². The number of hydrogen-bond acceptors (Lipinski definition) is 6. The minimum atomic E-state index is -0.550. The van der Waals surface area contributed by atoms with E-state index in [1.807, 2.05) is 0 Å². The molecule has 6 nitrogen and oxygen atoms in total. The van der Waals surface area contributed by atoms with Crippen LogP contribution in [-0.4, -0.2) is 30.5 Å². The minimum absolute atomic E-state index is 0.264. The van der Waals surface area contributed by atoms with E-state index in [1.54, 1.807) is 45.0 Å². The molecule has 6 heteroatoms. The first-order chi connectivity index (χ1) is 9.40. The zero-order chi connectivity index (χ0) is 15.0. The summed E-state index contributed by atoms with van der Waals surface area (Å²) in [7, 11) is 0. The fourth-order valence-corrected chi connectivity index (χ4v) is 1.29. The van der Waals surface area contributed by atoms with Crippen molar-refractivity contribution in [3.63, 3.8) is 0 Å². The van der Waals surface area contributed by atoms with Crippen LogP contribution in [0, 0.1) is 0 Å². The van der Waals surface area contributed by atoms with Gasteiger partial charge in [-0.3, -0.25) is 0 Å². The maximum absolute atomic E-state index is 11.3. The van der Waals surface area contributed by atoms with E-state index in [4.69, 9.17) is 9.57 Å². The first-order valence-electron chi connectivity index (χ1n) is 5.96. The van der Waals surface area contributed by atoms with Crippen LogP contribution in [0.25, 0.3) is 0 Å². The third-order valence-corrected chi connectivity index (χ3v) is 1.92. The van der Waals surface area contributed by atoms with E-state index in [9.17, 15) is 9.59 Å². The lowest BCUT2D eigenvalue weighted by Gasteiger charge is -2.18. The second kappa shape index (κ2) is 7.21. The predicted molar refractivity (Wildman–Crippen MR) is 73.6 cm³/mol. The molecule has 0 saturated carbocycles. The highest BCUT2D eigenvalue weighted by Gasteiger charge is 2.16. The molecule has 20 heavy (non-hydrogen) atoms. The Labute approximate surface area is 117 Å². The molecule has 0 saturated heterocycles. The predicted octanol–water partition coefficient (Wildman–Crippen LogP) is 2.35. The first-order valence-corrected chi connectivity index (χ1v) is 5.96. The SMILES string of the molecule is CC(C)(C)OC(=O)CON=Cc1cccc(N=C=O)c1. The topological polar surface area (TPSA) is 77.3 Å². The van der Waals surface area contributed by atoms with Crippen LogP contribution in [-0.2, 0) is 19.2 Å². The van der Waals surface area contributed by atoms with Gasteiger partial charge in [0.15, 0.2) is 0 Å². The molecule has 0 radical (unpaired) electrons. The number of oxime groups is 1. The summed E-state index contributed by atoms with van der Waals surface area (Å²) in [4.78, 5) is 29.8. The molecule has 0 unspecified atom stereocenters. The molecule has 1 aromatic rings. The van der Waals surface area contributed by atoms with Gasteiger partial charge in [-0.15, -0.1) is 0 Å². The summed E-state index contributed by atoms with van der Waals surface area (Å²) >= 11 is 0. The lowest BCUT2D eigenvalue weighted by atomic mass is 10.2. The van der Waals surface area contributed by atoms with Gasteiger partial charge in [-0.25, -0.2) is 9.59 Å². The summed E-state index contributed by atoms with van der Waals surface area (Å²) < 4.78 is 5.05. The summed E-state index contributed by atoms with van der Waals surface area (Å²) in [5.41, 5.74) is 0.604. The number of esters is 1. The first kappa shape index (κ1) is 15.6. The average Bonchev–Trinajstić information content (AvgIpc) is 2.33. The van der Waals surface area contributed by atoms with Gasteiger partial charge in [-0.1, -0.05) is 17.3 Å². The van der Waals surface area contributed by atoms with E-state index >= 15 is 0 Å². The van der Waals surface area contributed by atoms with Gasteiger partial charge < -0.3 is 9.57 Å². The van der Waals surface area contributed by atoms with Crippen LogP contribution >= 0.6 is 0 Å². The van der Waals surface area contributed by atoms with Crippen molar-refractivity contribution in [3.8, 4) is 0 Å². The van der Waals surface area contributed by atoms with E-state index < -0.39 is 11.6 Å². The highest BCUT2D eigenvalue weighted by atomic mass is 16.7. The van der Waals surface area contributed by atoms with Gasteiger partial charge in [-0.05, 0) is 38.5 Å². The maximum atomic E-state index is 11.3. The van der Waals surface area contributed by atoms with Crippen molar-refractivity contribution in [2.24, 2.45) is 10.1 Å². The fraction of sp³-hybridized carbons (Fsp3) is 0.357. The van der Waals surface area contributed by atoms with E-state index in [0.29, 0.717) is 11.3 Å². The quantitative estimate of drug-likeness (QED) is 0.358. The molecule has 1 rings (SSSR count). The molecule has 0 aromatic heterocycles. The van der Waals surface area contributed by atoms with Gasteiger partial charge >= 0.3 is 5.97 Å². The number of ether oxygens (including phenoxy) is 1. The Hall–Kier alpha value is -2.46. The number of carbonyl (C=O) groups is 1. The molecule has 0 N–H and O–H groups in total. The molecule has 1 aromatic carbocycles. The van der Waals surface area contributed by atoms with Crippen LogP contribution in [0.1, 0.15) is 26.3 Å². The van der Waals surface area contributed by atoms with Gasteiger partial charge in [-0.2, -0.15) is 4.99 Å². The second-order valence-electron chi connectivity index (χ2n) is 4.89. The lowest BCUT2D eigenvalue weighted by Crippen LogP contribution is -2.26. The number of rotatable bonds is 5. The van der Waals surface area contributed by atoms with Crippen molar-refractivity contribution in [3.05, 3.63) is 29.8 Å². The molecule has 0 aliphatic carbocycles. The Bertz CT molecular complexity index is 540. The fourth-order valence-electron chi connectivity index (χ4n) is 1.29. The second-order valence-corrected chi connectivity index (χ2v) is 4.89. The van der Waals surface area contributed by atoms with Crippen molar-refractivity contribution in [2.75, 3.05) is 6.61 Å². The molecule has 0 bridgehead atoms. The summed E-state index contributed by atoms with van der Waals surface area (Å²) in [5.74, 6) is -0.492. The average molecular weight is 276 g/mol. The summed E-state index contributed by atoms with van der Waals surface area (Å²) in [5, 5.41) is 3.65. The Morgan fingerprint density at radius 1 is 1.40 bits per heavy atom. The Balaban J connectivity index is 2.47. The smallest absolute Gasteiger partial charge is 0.347 e. The molecular formula is C14H16N2O4. The third kappa shape index (κ3) is 6.47. The number of carbonyl (C=O) groups excluding carboxylic acids is 2. The van der Waals surface area contributed by atoms with Gasteiger partial charge in [0, 0.05) is 0 Å². The molecule has 0 spiro atoms. The van der Waals surface area contributed by atoms with Crippen LogP contribution < -0.4 is 0 Å². The molecule has 0 atom stereocenters. The maximum Gasteiger partial charge on any atom is 0.347 e. The molecule has 106 valence electrons. The van der Waals surface area contributed by atoms with Crippen molar-refractivity contribution < 1.29 is 19.2 Å². The molecule has 0 heterocycles.